The first-order valence-corrected chi connectivity index (χ1v) is 6.78. The molecule has 0 aromatic heterocycles. The van der Waals surface area contributed by atoms with Crippen LogP contribution >= 0.6 is 0 Å². The van der Waals surface area contributed by atoms with Gasteiger partial charge < -0.3 is 4.74 Å². The SMILES string of the molecule is CC(=O)c1ccc(OCc2cc(C)ccc2C)c(C)c1. The minimum atomic E-state index is 0.0779. The molecule has 104 valence electrons. The summed E-state index contributed by atoms with van der Waals surface area (Å²) in [7, 11) is 0. The summed E-state index contributed by atoms with van der Waals surface area (Å²) in [6.45, 7) is 8.25. The summed E-state index contributed by atoms with van der Waals surface area (Å²) in [5.74, 6) is 0.907. The van der Waals surface area contributed by atoms with Crippen molar-refractivity contribution < 1.29 is 9.53 Å². The lowest BCUT2D eigenvalue weighted by Gasteiger charge is -2.12. The molecule has 0 aliphatic heterocycles. The van der Waals surface area contributed by atoms with Crippen LogP contribution in [0.5, 0.6) is 5.75 Å². The van der Waals surface area contributed by atoms with Crippen LogP contribution in [-0.4, -0.2) is 5.78 Å². The second kappa shape index (κ2) is 5.91. The summed E-state index contributed by atoms with van der Waals surface area (Å²) >= 11 is 0. The molecule has 0 heterocycles. The number of benzene rings is 2. The van der Waals surface area contributed by atoms with Crippen LogP contribution in [0.15, 0.2) is 36.4 Å². The van der Waals surface area contributed by atoms with Gasteiger partial charge in [-0.3, -0.25) is 4.79 Å². The van der Waals surface area contributed by atoms with E-state index in [1.54, 1.807) is 6.92 Å². The number of carbonyl (C=O) groups excluding carboxylic acids is 1. The smallest absolute Gasteiger partial charge is 0.159 e. The van der Waals surface area contributed by atoms with Gasteiger partial charge in [-0.2, -0.15) is 0 Å². The number of hydrogen-bond acceptors (Lipinski definition) is 2. The highest BCUT2D eigenvalue weighted by molar-refractivity contribution is 5.94. The standard InChI is InChI=1S/C18H20O2/c1-12-5-6-13(2)17(9-12)11-20-18-8-7-16(15(4)19)10-14(18)3/h5-10H,11H2,1-4H3. The summed E-state index contributed by atoms with van der Waals surface area (Å²) < 4.78 is 5.88. The van der Waals surface area contributed by atoms with Crippen molar-refractivity contribution in [2.45, 2.75) is 34.3 Å². The van der Waals surface area contributed by atoms with Gasteiger partial charge in [0.25, 0.3) is 0 Å². The van der Waals surface area contributed by atoms with Gasteiger partial charge in [0.05, 0.1) is 0 Å². The van der Waals surface area contributed by atoms with Gasteiger partial charge >= 0.3 is 0 Å². The van der Waals surface area contributed by atoms with E-state index in [9.17, 15) is 4.79 Å². The minimum Gasteiger partial charge on any atom is -0.489 e. The van der Waals surface area contributed by atoms with E-state index in [1.165, 1.54) is 16.7 Å². The van der Waals surface area contributed by atoms with Crippen LogP contribution in [0, 0.1) is 20.8 Å². The zero-order valence-corrected chi connectivity index (χ0v) is 12.5. The maximum atomic E-state index is 11.3. The highest BCUT2D eigenvalue weighted by Gasteiger charge is 2.06. The Morgan fingerprint density at radius 2 is 1.75 bits per heavy atom. The average molecular weight is 268 g/mol. The second-order valence-electron chi connectivity index (χ2n) is 5.26. The van der Waals surface area contributed by atoms with E-state index >= 15 is 0 Å². The van der Waals surface area contributed by atoms with E-state index < -0.39 is 0 Å². The van der Waals surface area contributed by atoms with E-state index in [2.05, 4.69) is 32.0 Å². The van der Waals surface area contributed by atoms with Crippen LogP contribution in [0.2, 0.25) is 0 Å². The Balaban J connectivity index is 2.15. The van der Waals surface area contributed by atoms with Gasteiger partial charge in [0.15, 0.2) is 5.78 Å². The molecule has 0 saturated carbocycles. The van der Waals surface area contributed by atoms with Crippen LogP contribution < -0.4 is 4.74 Å². The van der Waals surface area contributed by atoms with Gasteiger partial charge in [-0.05, 0) is 62.6 Å². The Bertz CT molecular complexity index is 642. The average Bonchev–Trinajstić information content (AvgIpc) is 2.40. The number of Topliss-reactive ketones (excluding diaryl/α,β-unsaturated/α-hetero) is 1. The quantitative estimate of drug-likeness (QED) is 0.768. The van der Waals surface area contributed by atoms with Gasteiger partial charge in [-0.15, -0.1) is 0 Å². The number of ether oxygens (including phenoxy) is 1. The Kier molecular flexibility index (Phi) is 4.23. The molecule has 0 aliphatic rings. The van der Waals surface area contributed by atoms with Crippen molar-refractivity contribution in [3.05, 3.63) is 64.2 Å². The molecule has 2 nitrogen and oxygen atoms in total. The second-order valence-corrected chi connectivity index (χ2v) is 5.26. The lowest BCUT2D eigenvalue weighted by Crippen LogP contribution is -2.01. The van der Waals surface area contributed by atoms with Crippen LogP contribution in [0.1, 0.15) is 39.5 Å². The third-order valence-corrected chi connectivity index (χ3v) is 3.47. The zero-order valence-electron chi connectivity index (χ0n) is 12.5. The van der Waals surface area contributed by atoms with Gasteiger partial charge in [-0.1, -0.05) is 23.8 Å². The predicted molar refractivity (Wildman–Crippen MR) is 81.4 cm³/mol. The number of hydrogen-bond donors (Lipinski definition) is 0. The van der Waals surface area contributed by atoms with Crippen molar-refractivity contribution in [1.82, 2.24) is 0 Å². The molecule has 0 unspecified atom stereocenters. The fourth-order valence-corrected chi connectivity index (χ4v) is 2.14. The molecule has 0 saturated heterocycles. The molecular formula is C18H20O2. The van der Waals surface area contributed by atoms with Crippen molar-refractivity contribution in [2.24, 2.45) is 0 Å². The van der Waals surface area contributed by atoms with E-state index in [4.69, 9.17) is 4.74 Å². The molecule has 0 spiro atoms. The molecule has 0 radical (unpaired) electrons. The Morgan fingerprint density at radius 3 is 2.40 bits per heavy atom. The van der Waals surface area contributed by atoms with E-state index in [0.29, 0.717) is 6.61 Å². The molecule has 0 bridgehead atoms. The molecule has 2 aromatic carbocycles. The largest absolute Gasteiger partial charge is 0.489 e. The lowest BCUT2D eigenvalue weighted by molar-refractivity contribution is 0.101. The molecule has 0 atom stereocenters. The summed E-state index contributed by atoms with van der Waals surface area (Å²) in [6.07, 6.45) is 0. The molecule has 20 heavy (non-hydrogen) atoms. The van der Waals surface area contributed by atoms with Crippen molar-refractivity contribution in [1.29, 1.82) is 0 Å². The Hall–Kier alpha value is -2.09. The zero-order chi connectivity index (χ0) is 14.7. The summed E-state index contributed by atoms with van der Waals surface area (Å²) in [5, 5.41) is 0. The predicted octanol–water partition coefficient (Wildman–Crippen LogP) is 4.39. The normalized spacial score (nSPS) is 10.4. The number of aryl methyl sites for hydroxylation is 3. The fourth-order valence-electron chi connectivity index (χ4n) is 2.14. The van der Waals surface area contributed by atoms with E-state index in [1.807, 2.05) is 25.1 Å². The fraction of sp³-hybridized carbons (Fsp3) is 0.278. The third-order valence-electron chi connectivity index (χ3n) is 3.47. The maximum Gasteiger partial charge on any atom is 0.159 e. The first-order chi connectivity index (χ1) is 9.47. The topological polar surface area (TPSA) is 26.3 Å². The van der Waals surface area contributed by atoms with Crippen LogP contribution in [0.3, 0.4) is 0 Å². The van der Waals surface area contributed by atoms with Crippen LogP contribution in [-0.2, 0) is 6.61 Å². The van der Waals surface area contributed by atoms with Gasteiger partial charge in [0.1, 0.15) is 12.4 Å². The Labute approximate surface area is 120 Å². The number of carbonyl (C=O) groups is 1. The lowest BCUT2D eigenvalue weighted by atomic mass is 10.1. The number of rotatable bonds is 4. The molecule has 2 heteroatoms. The molecule has 0 fully saturated rings. The minimum absolute atomic E-state index is 0.0779. The summed E-state index contributed by atoms with van der Waals surface area (Å²) in [4.78, 5) is 11.3. The highest BCUT2D eigenvalue weighted by Crippen LogP contribution is 2.21. The molecule has 2 rings (SSSR count). The van der Waals surface area contributed by atoms with Gasteiger partial charge in [0.2, 0.25) is 0 Å². The Morgan fingerprint density at radius 1 is 1.00 bits per heavy atom. The van der Waals surface area contributed by atoms with Crippen molar-refractivity contribution in [3.63, 3.8) is 0 Å². The molecule has 0 aliphatic carbocycles. The first-order valence-electron chi connectivity index (χ1n) is 6.78. The van der Waals surface area contributed by atoms with E-state index in [-0.39, 0.29) is 5.78 Å². The molecule has 0 N–H and O–H groups in total. The van der Waals surface area contributed by atoms with Gasteiger partial charge in [0, 0.05) is 5.56 Å². The van der Waals surface area contributed by atoms with Gasteiger partial charge in [-0.25, -0.2) is 0 Å². The van der Waals surface area contributed by atoms with Crippen molar-refractivity contribution in [2.75, 3.05) is 0 Å². The third kappa shape index (κ3) is 3.27. The molecular weight excluding hydrogens is 248 g/mol. The molecule has 2 aromatic rings. The van der Waals surface area contributed by atoms with Crippen molar-refractivity contribution in [3.8, 4) is 5.75 Å². The van der Waals surface area contributed by atoms with Crippen LogP contribution in [0.4, 0.5) is 0 Å². The van der Waals surface area contributed by atoms with Crippen molar-refractivity contribution >= 4 is 5.78 Å². The summed E-state index contributed by atoms with van der Waals surface area (Å²) in [6, 6.07) is 11.9. The summed E-state index contributed by atoms with van der Waals surface area (Å²) in [5.41, 5.74) is 5.37. The highest BCUT2D eigenvalue weighted by atomic mass is 16.5. The first kappa shape index (κ1) is 14.3. The maximum absolute atomic E-state index is 11.3. The molecule has 0 amide bonds. The number of ketones is 1. The van der Waals surface area contributed by atoms with E-state index in [0.717, 1.165) is 16.9 Å². The van der Waals surface area contributed by atoms with Crippen LogP contribution in [0.25, 0.3) is 0 Å². The monoisotopic (exact) mass is 268 g/mol.